The minimum absolute atomic E-state index is 0.0457. The third-order valence-corrected chi connectivity index (χ3v) is 4.38. The van der Waals surface area contributed by atoms with E-state index in [1.54, 1.807) is 24.3 Å². The molecular formula is C22H21NO8. The Morgan fingerprint density at radius 1 is 0.903 bits per heavy atom. The van der Waals surface area contributed by atoms with Gasteiger partial charge in [-0.25, -0.2) is 4.79 Å². The molecule has 0 unspecified atom stereocenters. The summed E-state index contributed by atoms with van der Waals surface area (Å²) in [5, 5.41) is 11.9. The zero-order valence-corrected chi connectivity index (χ0v) is 17.3. The van der Waals surface area contributed by atoms with Crippen LogP contribution >= 0.6 is 0 Å². The predicted octanol–water partition coefficient (Wildman–Crippen LogP) is 4.36. The lowest BCUT2D eigenvalue weighted by Gasteiger charge is -2.15. The van der Waals surface area contributed by atoms with Gasteiger partial charge in [0.25, 0.3) is 5.91 Å². The molecule has 0 bridgehead atoms. The van der Waals surface area contributed by atoms with Crippen LogP contribution in [0.1, 0.15) is 26.7 Å². The van der Waals surface area contributed by atoms with E-state index in [1.807, 2.05) is 19.1 Å². The highest BCUT2D eigenvalue weighted by Crippen LogP contribution is 2.40. The fourth-order valence-electron chi connectivity index (χ4n) is 2.80. The summed E-state index contributed by atoms with van der Waals surface area (Å²) in [5.41, 5.74) is 1.01. The summed E-state index contributed by atoms with van der Waals surface area (Å²) in [4.78, 5) is 24.4. The van der Waals surface area contributed by atoms with Crippen LogP contribution in [0.2, 0.25) is 0 Å². The molecule has 1 aromatic heterocycles. The molecule has 0 fully saturated rings. The number of aryl methyl sites for hydroxylation is 1. The van der Waals surface area contributed by atoms with Gasteiger partial charge in [-0.3, -0.25) is 4.79 Å². The van der Waals surface area contributed by atoms with E-state index < -0.39 is 17.6 Å². The maximum absolute atomic E-state index is 13.0. The number of carbonyl (C=O) groups is 2. The number of anilines is 1. The van der Waals surface area contributed by atoms with Crippen molar-refractivity contribution < 1.29 is 38.1 Å². The number of amides is 1. The summed E-state index contributed by atoms with van der Waals surface area (Å²) < 4.78 is 26.9. The van der Waals surface area contributed by atoms with Gasteiger partial charge in [-0.05, 0) is 18.6 Å². The van der Waals surface area contributed by atoms with Crippen LogP contribution in [0.3, 0.4) is 0 Å². The summed E-state index contributed by atoms with van der Waals surface area (Å²) in [7, 11) is 4.33. The van der Waals surface area contributed by atoms with Gasteiger partial charge in [-0.1, -0.05) is 18.2 Å². The molecule has 2 N–H and O–H groups in total. The van der Waals surface area contributed by atoms with E-state index in [-0.39, 0.29) is 28.7 Å². The molecule has 1 amide bonds. The summed E-state index contributed by atoms with van der Waals surface area (Å²) >= 11 is 0. The number of furan rings is 1. The Labute approximate surface area is 178 Å². The second-order valence-electron chi connectivity index (χ2n) is 6.34. The molecule has 9 heteroatoms. The van der Waals surface area contributed by atoms with Crippen molar-refractivity contribution in [2.75, 3.05) is 26.6 Å². The third kappa shape index (κ3) is 4.55. The fourth-order valence-corrected chi connectivity index (χ4v) is 2.80. The first-order valence-electron chi connectivity index (χ1n) is 9.09. The van der Waals surface area contributed by atoms with Crippen molar-refractivity contribution in [3.05, 3.63) is 59.5 Å². The molecule has 2 aromatic carbocycles. The van der Waals surface area contributed by atoms with Gasteiger partial charge in [0.2, 0.25) is 11.5 Å². The zero-order chi connectivity index (χ0) is 22.5. The number of hydrogen-bond acceptors (Lipinski definition) is 7. The number of benzene rings is 2. The van der Waals surface area contributed by atoms with Gasteiger partial charge in [0.05, 0.1) is 21.3 Å². The van der Waals surface area contributed by atoms with Crippen LogP contribution in [0.5, 0.6) is 28.7 Å². The number of methoxy groups -OCH3 is 3. The molecule has 9 nitrogen and oxygen atoms in total. The number of hydrogen-bond donors (Lipinski definition) is 2. The van der Waals surface area contributed by atoms with Gasteiger partial charge >= 0.3 is 5.97 Å². The first-order valence-corrected chi connectivity index (χ1v) is 9.09. The second kappa shape index (κ2) is 9.12. The Hall–Kier alpha value is -4.14. The minimum atomic E-state index is -1.34. The van der Waals surface area contributed by atoms with Gasteiger partial charge in [0, 0.05) is 18.2 Å². The summed E-state index contributed by atoms with van der Waals surface area (Å²) in [6, 6.07) is 11.4. The molecule has 0 atom stereocenters. The van der Waals surface area contributed by atoms with Crippen molar-refractivity contribution in [2.24, 2.45) is 0 Å². The molecule has 0 aliphatic heterocycles. The maximum atomic E-state index is 13.0. The quantitative estimate of drug-likeness (QED) is 0.545. The van der Waals surface area contributed by atoms with Gasteiger partial charge in [-0.2, -0.15) is 0 Å². The lowest BCUT2D eigenvalue weighted by Crippen LogP contribution is -2.14. The normalized spacial score (nSPS) is 10.3. The number of ether oxygens (including phenoxy) is 4. The number of carboxylic acids is 1. The Kier molecular flexibility index (Phi) is 6.35. The second-order valence-corrected chi connectivity index (χ2v) is 6.34. The molecule has 0 saturated carbocycles. The van der Waals surface area contributed by atoms with Crippen LogP contribution < -0.4 is 24.3 Å². The first-order chi connectivity index (χ1) is 14.9. The van der Waals surface area contributed by atoms with Crippen molar-refractivity contribution in [1.82, 2.24) is 0 Å². The standard InChI is InChI=1S/C22H21NO8/c1-12-7-5-6-8-14(12)30-17-11-18(22(25)26)31-20(17)21(24)23-19-15(28-3)9-13(27-2)10-16(19)29-4/h5-11H,1-4H3,(H,23,24)(H,25,26). The van der Waals surface area contributed by atoms with E-state index in [1.165, 1.54) is 21.3 Å². The minimum Gasteiger partial charge on any atom is -0.496 e. The SMILES string of the molecule is COc1cc(OC)c(NC(=O)c2oc(C(=O)O)cc2Oc2ccccc2C)c(OC)c1. The summed E-state index contributed by atoms with van der Waals surface area (Å²) in [6.07, 6.45) is 0. The monoisotopic (exact) mass is 427 g/mol. The Bertz CT molecular complexity index is 1090. The average Bonchev–Trinajstić information content (AvgIpc) is 3.19. The predicted molar refractivity (Wildman–Crippen MR) is 111 cm³/mol. The maximum Gasteiger partial charge on any atom is 0.371 e. The van der Waals surface area contributed by atoms with E-state index in [4.69, 9.17) is 23.4 Å². The molecule has 3 aromatic rings. The van der Waals surface area contributed by atoms with E-state index in [9.17, 15) is 14.7 Å². The zero-order valence-electron chi connectivity index (χ0n) is 17.3. The number of para-hydroxylation sites is 1. The van der Waals surface area contributed by atoms with Crippen LogP contribution in [0, 0.1) is 6.92 Å². The first kappa shape index (κ1) is 21.6. The highest BCUT2D eigenvalue weighted by Gasteiger charge is 2.26. The highest BCUT2D eigenvalue weighted by molar-refractivity contribution is 6.06. The van der Waals surface area contributed by atoms with Crippen LogP contribution in [0.4, 0.5) is 5.69 Å². The largest absolute Gasteiger partial charge is 0.496 e. The smallest absolute Gasteiger partial charge is 0.371 e. The number of carbonyl (C=O) groups excluding carboxylic acids is 1. The summed E-state index contributed by atoms with van der Waals surface area (Å²) in [5.74, 6) is -1.44. The lowest BCUT2D eigenvalue weighted by atomic mass is 10.2. The molecule has 0 radical (unpaired) electrons. The lowest BCUT2D eigenvalue weighted by molar-refractivity contribution is 0.0660. The van der Waals surface area contributed by atoms with E-state index in [0.717, 1.165) is 11.6 Å². The molecule has 0 aliphatic rings. The third-order valence-electron chi connectivity index (χ3n) is 4.38. The number of carboxylic acid groups (broad SMARTS) is 1. The number of nitrogens with one attached hydrogen (secondary N) is 1. The van der Waals surface area contributed by atoms with Crippen molar-refractivity contribution >= 4 is 17.6 Å². The van der Waals surface area contributed by atoms with Crippen molar-refractivity contribution in [1.29, 1.82) is 0 Å². The number of rotatable bonds is 8. The molecule has 0 saturated heterocycles. The summed E-state index contributed by atoms with van der Waals surface area (Å²) in [6.45, 7) is 1.82. The van der Waals surface area contributed by atoms with Crippen molar-refractivity contribution in [2.45, 2.75) is 6.92 Å². The van der Waals surface area contributed by atoms with Gasteiger partial charge in [0.15, 0.2) is 5.75 Å². The Balaban J connectivity index is 2.00. The Morgan fingerprint density at radius 2 is 1.55 bits per heavy atom. The average molecular weight is 427 g/mol. The highest BCUT2D eigenvalue weighted by atomic mass is 16.5. The number of aromatic carboxylic acids is 1. The van der Waals surface area contributed by atoms with E-state index in [0.29, 0.717) is 11.5 Å². The molecule has 0 aliphatic carbocycles. The van der Waals surface area contributed by atoms with E-state index >= 15 is 0 Å². The molecule has 3 rings (SSSR count). The van der Waals surface area contributed by atoms with Crippen LogP contribution in [-0.2, 0) is 0 Å². The molecule has 1 heterocycles. The fraction of sp³-hybridized carbons (Fsp3) is 0.182. The molecule has 162 valence electrons. The van der Waals surface area contributed by atoms with Crippen molar-refractivity contribution in [3.8, 4) is 28.7 Å². The molecule has 0 spiro atoms. The molecular weight excluding hydrogens is 406 g/mol. The van der Waals surface area contributed by atoms with Gasteiger partial charge in [-0.15, -0.1) is 0 Å². The molecule has 31 heavy (non-hydrogen) atoms. The topological polar surface area (TPSA) is 116 Å². The van der Waals surface area contributed by atoms with Crippen LogP contribution in [0.25, 0.3) is 0 Å². The van der Waals surface area contributed by atoms with Crippen LogP contribution in [-0.4, -0.2) is 38.3 Å². The van der Waals surface area contributed by atoms with Gasteiger partial charge in [0.1, 0.15) is 28.7 Å². The Morgan fingerprint density at radius 3 is 2.10 bits per heavy atom. The van der Waals surface area contributed by atoms with Crippen LogP contribution in [0.15, 0.2) is 46.9 Å². The van der Waals surface area contributed by atoms with E-state index in [2.05, 4.69) is 5.32 Å². The van der Waals surface area contributed by atoms with Gasteiger partial charge < -0.3 is 33.8 Å². The van der Waals surface area contributed by atoms with Crippen molar-refractivity contribution in [3.63, 3.8) is 0 Å².